The summed E-state index contributed by atoms with van der Waals surface area (Å²) < 4.78 is 11.4. The first-order chi connectivity index (χ1) is 12.0. The highest BCUT2D eigenvalue weighted by atomic mass is 32.1. The highest BCUT2D eigenvalue weighted by molar-refractivity contribution is 7.14. The molecule has 0 aliphatic heterocycles. The van der Waals surface area contributed by atoms with Gasteiger partial charge < -0.3 is 14.4 Å². The number of anilines is 1. The Morgan fingerprint density at radius 3 is 2.64 bits per heavy atom. The molecule has 0 aliphatic rings. The molecule has 0 aliphatic carbocycles. The van der Waals surface area contributed by atoms with Gasteiger partial charge in [-0.25, -0.2) is 9.97 Å². The van der Waals surface area contributed by atoms with Gasteiger partial charge in [0.15, 0.2) is 5.13 Å². The summed E-state index contributed by atoms with van der Waals surface area (Å²) in [5, 5.41) is 3.99. The van der Waals surface area contributed by atoms with Crippen molar-refractivity contribution in [2.45, 2.75) is 26.9 Å². The average molecular weight is 357 g/mol. The fraction of sp³-hybridized carbons (Fsp3) is 0.368. The van der Waals surface area contributed by atoms with Crippen molar-refractivity contribution in [3.63, 3.8) is 0 Å². The standard InChI is InChI=1S/C19H23N3O2S/c1-6-22(4)19-21-17(11-25-19)16-10-18(24-12(2)3)14-8-7-13(23-5)9-15(14)20-16/h7-12H,6H2,1-5H3. The van der Waals surface area contributed by atoms with Gasteiger partial charge in [-0.05, 0) is 32.9 Å². The molecule has 0 fully saturated rings. The molecule has 0 amide bonds. The van der Waals surface area contributed by atoms with Gasteiger partial charge in [-0.2, -0.15) is 0 Å². The zero-order valence-electron chi connectivity index (χ0n) is 15.2. The van der Waals surface area contributed by atoms with Crippen LogP contribution in [0.25, 0.3) is 22.3 Å². The minimum absolute atomic E-state index is 0.0813. The van der Waals surface area contributed by atoms with E-state index in [9.17, 15) is 0 Å². The number of nitrogens with zero attached hydrogens (tertiary/aromatic N) is 3. The normalized spacial score (nSPS) is 11.1. The van der Waals surface area contributed by atoms with E-state index >= 15 is 0 Å². The van der Waals surface area contributed by atoms with Crippen LogP contribution in [0.2, 0.25) is 0 Å². The lowest BCUT2D eigenvalue weighted by Crippen LogP contribution is -2.15. The fourth-order valence-corrected chi connectivity index (χ4v) is 3.33. The molecule has 0 spiro atoms. The molecule has 25 heavy (non-hydrogen) atoms. The smallest absolute Gasteiger partial charge is 0.185 e. The molecule has 3 rings (SSSR count). The monoisotopic (exact) mass is 357 g/mol. The third kappa shape index (κ3) is 3.69. The molecule has 0 radical (unpaired) electrons. The molecule has 3 aromatic rings. The van der Waals surface area contributed by atoms with E-state index in [2.05, 4.69) is 11.8 Å². The minimum atomic E-state index is 0.0813. The Morgan fingerprint density at radius 1 is 1.16 bits per heavy atom. The summed E-state index contributed by atoms with van der Waals surface area (Å²) >= 11 is 1.62. The van der Waals surface area contributed by atoms with Crippen molar-refractivity contribution < 1.29 is 9.47 Å². The summed E-state index contributed by atoms with van der Waals surface area (Å²) in [6.07, 6.45) is 0.0813. The van der Waals surface area contributed by atoms with E-state index in [1.54, 1.807) is 18.4 Å². The first kappa shape index (κ1) is 17.5. The fourth-order valence-electron chi connectivity index (χ4n) is 2.48. The van der Waals surface area contributed by atoms with Gasteiger partial charge in [-0.1, -0.05) is 0 Å². The molecule has 2 heterocycles. The lowest BCUT2D eigenvalue weighted by atomic mass is 10.1. The maximum absolute atomic E-state index is 6.02. The summed E-state index contributed by atoms with van der Waals surface area (Å²) in [7, 11) is 3.69. The quantitative estimate of drug-likeness (QED) is 0.645. The highest BCUT2D eigenvalue weighted by Gasteiger charge is 2.14. The first-order valence-corrected chi connectivity index (χ1v) is 9.22. The number of rotatable bonds is 6. The number of hydrogen-bond donors (Lipinski definition) is 0. The molecule has 0 saturated heterocycles. The highest BCUT2D eigenvalue weighted by Crippen LogP contribution is 2.34. The van der Waals surface area contributed by atoms with Crippen LogP contribution in [0.1, 0.15) is 20.8 Å². The molecule has 0 unspecified atom stereocenters. The van der Waals surface area contributed by atoms with Crippen molar-refractivity contribution >= 4 is 27.4 Å². The van der Waals surface area contributed by atoms with Gasteiger partial charge in [0, 0.05) is 36.5 Å². The van der Waals surface area contributed by atoms with Gasteiger partial charge in [-0.15, -0.1) is 11.3 Å². The van der Waals surface area contributed by atoms with E-state index in [0.29, 0.717) is 0 Å². The summed E-state index contributed by atoms with van der Waals surface area (Å²) in [4.78, 5) is 11.6. The SMILES string of the molecule is CCN(C)c1nc(-c2cc(OC(C)C)c3ccc(OC)cc3n2)cs1. The van der Waals surface area contributed by atoms with Crippen LogP contribution < -0.4 is 14.4 Å². The predicted molar refractivity (Wildman–Crippen MR) is 104 cm³/mol. The third-order valence-electron chi connectivity index (χ3n) is 3.90. The van der Waals surface area contributed by atoms with Crippen LogP contribution >= 0.6 is 11.3 Å². The lowest BCUT2D eigenvalue weighted by molar-refractivity contribution is 0.245. The van der Waals surface area contributed by atoms with Crippen LogP contribution in [0.15, 0.2) is 29.6 Å². The second-order valence-corrected chi connectivity index (χ2v) is 6.92. The van der Waals surface area contributed by atoms with Crippen molar-refractivity contribution in [1.29, 1.82) is 0 Å². The Hall–Kier alpha value is -2.34. The summed E-state index contributed by atoms with van der Waals surface area (Å²) in [5.41, 5.74) is 2.51. The number of fused-ring (bicyclic) bond motifs is 1. The van der Waals surface area contributed by atoms with E-state index in [0.717, 1.165) is 45.5 Å². The molecule has 132 valence electrons. The first-order valence-electron chi connectivity index (χ1n) is 8.34. The molecular formula is C19H23N3O2S. The zero-order valence-corrected chi connectivity index (χ0v) is 16.1. The van der Waals surface area contributed by atoms with Gasteiger partial charge in [0.2, 0.25) is 0 Å². The van der Waals surface area contributed by atoms with Gasteiger partial charge in [0.05, 0.1) is 24.4 Å². The Morgan fingerprint density at radius 2 is 1.96 bits per heavy atom. The Balaban J connectivity index is 2.12. The summed E-state index contributed by atoms with van der Waals surface area (Å²) in [5.74, 6) is 1.59. The minimum Gasteiger partial charge on any atom is -0.497 e. The van der Waals surface area contributed by atoms with Crippen molar-refractivity contribution in [2.75, 3.05) is 25.6 Å². The van der Waals surface area contributed by atoms with Crippen LogP contribution in [0, 0.1) is 0 Å². The molecule has 0 saturated carbocycles. The number of ether oxygens (including phenoxy) is 2. The van der Waals surface area contributed by atoms with Crippen molar-refractivity contribution in [3.05, 3.63) is 29.6 Å². The van der Waals surface area contributed by atoms with Crippen LogP contribution in [0.3, 0.4) is 0 Å². The molecule has 0 bridgehead atoms. The molecular weight excluding hydrogens is 334 g/mol. The van der Waals surface area contributed by atoms with Crippen LogP contribution in [0.4, 0.5) is 5.13 Å². The van der Waals surface area contributed by atoms with Crippen molar-refractivity contribution in [2.24, 2.45) is 0 Å². The molecule has 5 nitrogen and oxygen atoms in total. The number of thiazole rings is 1. The molecule has 1 aromatic carbocycles. The van der Waals surface area contributed by atoms with Crippen LogP contribution in [-0.2, 0) is 0 Å². The number of benzene rings is 1. The van der Waals surface area contributed by atoms with E-state index < -0.39 is 0 Å². The number of pyridine rings is 1. The predicted octanol–water partition coefficient (Wildman–Crippen LogP) is 4.61. The number of methoxy groups -OCH3 is 1. The topological polar surface area (TPSA) is 47.5 Å². The Labute approximate surface area is 152 Å². The van der Waals surface area contributed by atoms with Crippen molar-refractivity contribution in [3.8, 4) is 22.9 Å². The second-order valence-electron chi connectivity index (χ2n) is 6.08. The van der Waals surface area contributed by atoms with Gasteiger partial charge in [-0.3, -0.25) is 0 Å². The number of aromatic nitrogens is 2. The van der Waals surface area contributed by atoms with E-state index in [-0.39, 0.29) is 6.10 Å². The summed E-state index contributed by atoms with van der Waals surface area (Å²) in [6, 6.07) is 7.81. The Bertz CT molecular complexity index is 876. The number of hydrogen-bond acceptors (Lipinski definition) is 6. The molecule has 0 N–H and O–H groups in total. The van der Waals surface area contributed by atoms with E-state index in [1.807, 2.05) is 50.5 Å². The Kier molecular flexibility index (Phi) is 5.08. The maximum atomic E-state index is 6.02. The van der Waals surface area contributed by atoms with E-state index in [4.69, 9.17) is 19.4 Å². The van der Waals surface area contributed by atoms with Gasteiger partial charge >= 0.3 is 0 Å². The van der Waals surface area contributed by atoms with Gasteiger partial charge in [0.25, 0.3) is 0 Å². The zero-order chi connectivity index (χ0) is 18.0. The third-order valence-corrected chi connectivity index (χ3v) is 4.85. The molecule has 2 aromatic heterocycles. The second kappa shape index (κ2) is 7.27. The summed E-state index contributed by atoms with van der Waals surface area (Å²) in [6.45, 7) is 7.06. The average Bonchev–Trinajstić information content (AvgIpc) is 3.10. The molecule has 0 atom stereocenters. The van der Waals surface area contributed by atoms with Crippen LogP contribution in [0.5, 0.6) is 11.5 Å². The largest absolute Gasteiger partial charge is 0.497 e. The lowest BCUT2D eigenvalue weighted by Gasteiger charge is -2.14. The van der Waals surface area contributed by atoms with Crippen molar-refractivity contribution in [1.82, 2.24) is 9.97 Å². The molecule has 6 heteroatoms. The van der Waals surface area contributed by atoms with Crippen LogP contribution in [-0.4, -0.2) is 36.8 Å². The maximum Gasteiger partial charge on any atom is 0.185 e. The van der Waals surface area contributed by atoms with E-state index in [1.165, 1.54) is 0 Å². The van der Waals surface area contributed by atoms with Gasteiger partial charge in [0.1, 0.15) is 17.2 Å².